The summed E-state index contributed by atoms with van der Waals surface area (Å²) >= 11 is 1.47. The third-order valence-electron chi connectivity index (χ3n) is 5.94. The van der Waals surface area contributed by atoms with Crippen molar-refractivity contribution in [1.29, 1.82) is 0 Å². The highest BCUT2D eigenvalue weighted by Gasteiger charge is 2.35. The minimum atomic E-state index is -0.413. The van der Waals surface area contributed by atoms with Gasteiger partial charge in [-0.2, -0.15) is 0 Å². The number of rotatable bonds is 13. The fraction of sp³-hybridized carbons (Fsp3) is 0.481. The third-order valence-corrected chi connectivity index (χ3v) is 7.16. The van der Waals surface area contributed by atoms with Crippen molar-refractivity contribution in [2.24, 2.45) is 0 Å². The summed E-state index contributed by atoms with van der Waals surface area (Å²) in [6.07, 6.45) is 11.5. The molecule has 0 aromatic heterocycles. The zero-order valence-electron chi connectivity index (χ0n) is 19.5. The molecule has 1 unspecified atom stereocenters. The summed E-state index contributed by atoms with van der Waals surface area (Å²) in [5, 5.41) is 2.67. The first-order valence-electron chi connectivity index (χ1n) is 12.2. The lowest BCUT2D eigenvalue weighted by Crippen LogP contribution is -2.28. The summed E-state index contributed by atoms with van der Waals surface area (Å²) < 4.78 is 14.4. The van der Waals surface area contributed by atoms with Crippen LogP contribution in [0, 0.1) is 5.82 Å². The molecule has 0 spiro atoms. The molecule has 178 valence electrons. The number of hydrogen-bond acceptors (Lipinski definition) is 3. The average Bonchev–Trinajstić information content (AvgIpc) is 3.19. The van der Waals surface area contributed by atoms with Crippen molar-refractivity contribution in [2.75, 3.05) is 16.0 Å². The second-order valence-corrected chi connectivity index (χ2v) is 9.70. The first-order valence-corrected chi connectivity index (χ1v) is 13.2. The van der Waals surface area contributed by atoms with Gasteiger partial charge in [0.05, 0.1) is 11.4 Å². The van der Waals surface area contributed by atoms with Gasteiger partial charge >= 0.3 is 0 Å². The van der Waals surface area contributed by atoms with Crippen LogP contribution in [0.15, 0.2) is 48.5 Å². The molecule has 0 radical (unpaired) electrons. The summed E-state index contributed by atoms with van der Waals surface area (Å²) in [5.74, 6) is -0.219. The van der Waals surface area contributed by atoms with Crippen LogP contribution >= 0.6 is 11.8 Å². The van der Waals surface area contributed by atoms with E-state index in [1.165, 1.54) is 67.7 Å². The van der Waals surface area contributed by atoms with Gasteiger partial charge in [0.25, 0.3) is 0 Å². The Kier molecular flexibility index (Phi) is 10.3. The van der Waals surface area contributed by atoms with E-state index >= 15 is 0 Å². The standard InChI is InChI=1S/C27H35FN2O2S/c1-2-3-4-5-6-7-8-9-10-18-25(31)29-22-15-13-14-21(19-22)27-30(26(32)20-33-27)24-17-12-11-16-23(24)28/h11-17,19,27H,2-10,18,20H2,1H3,(H,29,31). The normalized spacial score (nSPS) is 15.8. The number of anilines is 2. The van der Waals surface area contributed by atoms with Crippen molar-refractivity contribution < 1.29 is 14.0 Å². The SMILES string of the molecule is CCCCCCCCCCCC(=O)Nc1cccc(C2SCC(=O)N2c2ccccc2F)c1. The van der Waals surface area contributed by atoms with E-state index < -0.39 is 5.82 Å². The highest BCUT2D eigenvalue weighted by atomic mass is 32.2. The van der Waals surface area contributed by atoms with Gasteiger partial charge < -0.3 is 5.32 Å². The molecule has 1 aliphatic heterocycles. The van der Waals surface area contributed by atoms with E-state index in [0.29, 0.717) is 17.9 Å². The van der Waals surface area contributed by atoms with Crippen LogP contribution < -0.4 is 10.2 Å². The number of halogens is 1. The van der Waals surface area contributed by atoms with Gasteiger partial charge in [0, 0.05) is 12.1 Å². The van der Waals surface area contributed by atoms with Crippen LogP contribution in [0.3, 0.4) is 0 Å². The monoisotopic (exact) mass is 470 g/mol. The fourth-order valence-corrected chi connectivity index (χ4v) is 5.33. The number of thioether (sulfide) groups is 1. The Morgan fingerprint density at radius 2 is 1.70 bits per heavy atom. The fourth-order valence-electron chi connectivity index (χ4n) is 4.17. The summed E-state index contributed by atoms with van der Waals surface area (Å²) in [4.78, 5) is 26.4. The third kappa shape index (κ3) is 7.60. The van der Waals surface area contributed by atoms with Crippen molar-refractivity contribution in [3.8, 4) is 0 Å². The highest BCUT2D eigenvalue weighted by Crippen LogP contribution is 2.42. The van der Waals surface area contributed by atoms with Crippen LogP contribution in [-0.4, -0.2) is 17.6 Å². The van der Waals surface area contributed by atoms with E-state index in [1.54, 1.807) is 18.2 Å². The van der Waals surface area contributed by atoms with Crippen molar-refractivity contribution in [1.82, 2.24) is 0 Å². The topological polar surface area (TPSA) is 49.4 Å². The first kappa shape index (κ1) is 25.3. The summed E-state index contributed by atoms with van der Waals surface area (Å²) in [6, 6.07) is 13.9. The summed E-state index contributed by atoms with van der Waals surface area (Å²) in [7, 11) is 0. The lowest BCUT2D eigenvalue weighted by atomic mass is 10.1. The average molecular weight is 471 g/mol. The molecule has 1 aliphatic rings. The molecule has 2 aromatic carbocycles. The molecule has 3 rings (SSSR count). The van der Waals surface area contributed by atoms with Crippen LogP contribution in [0.2, 0.25) is 0 Å². The van der Waals surface area contributed by atoms with Crippen LogP contribution in [0.1, 0.15) is 82.1 Å². The van der Waals surface area contributed by atoms with Crippen LogP contribution in [0.5, 0.6) is 0 Å². The predicted octanol–water partition coefficient (Wildman–Crippen LogP) is 7.46. The molecule has 0 saturated carbocycles. The highest BCUT2D eigenvalue weighted by molar-refractivity contribution is 8.00. The molecular weight excluding hydrogens is 435 g/mol. The maximum absolute atomic E-state index is 14.4. The lowest BCUT2D eigenvalue weighted by Gasteiger charge is -2.25. The molecule has 33 heavy (non-hydrogen) atoms. The number of nitrogens with one attached hydrogen (secondary N) is 1. The molecule has 1 atom stereocenters. The van der Waals surface area contributed by atoms with Crippen molar-refractivity contribution in [3.63, 3.8) is 0 Å². The second-order valence-electron chi connectivity index (χ2n) is 8.63. The minimum Gasteiger partial charge on any atom is -0.326 e. The van der Waals surface area contributed by atoms with Gasteiger partial charge in [0.15, 0.2) is 0 Å². The smallest absolute Gasteiger partial charge is 0.238 e. The number of nitrogens with zero attached hydrogens (tertiary/aromatic N) is 1. The molecule has 1 fully saturated rings. The molecule has 6 heteroatoms. The van der Waals surface area contributed by atoms with Gasteiger partial charge in [-0.15, -0.1) is 11.8 Å². The Balaban J connectivity index is 1.49. The van der Waals surface area contributed by atoms with E-state index in [2.05, 4.69) is 12.2 Å². The zero-order valence-corrected chi connectivity index (χ0v) is 20.3. The van der Waals surface area contributed by atoms with Crippen molar-refractivity contribution in [2.45, 2.75) is 76.5 Å². The van der Waals surface area contributed by atoms with Gasteiger partial charge in [-0.05, 0) is 36.2 Å². The Morgan fingerprint density at radius 3 is 2.42 bits per heavy atom. The van der Waals surface area contributed by atoms with E-state index in [4.69, 9.17) is 0 Å². The molecule has 1 heterocycles. The van der Waals surface area contributed by atoms with E-state index in [0.717, 1.165) is 18.4 Å². The Hall–Kier alpha value is -2.34. The summed E-state index contributed by atoms with van der Waals surface area (Å²) in [5.41, 5.74) is 1.87. The van der Waals surface area contributed by atoms with Crippen LogP contribution in [0.4, 0.5) is 15.8 Å². The van der Waals surface area contributed by atoms with Gasteiger partial charge in [-0.3, -0.25) is 14.5 Å². The van der Waals surface area contributed by atoms with Crippen molar-refractivity contribution >= 4 is 35.0 Å². The number of para-hydroxylation sites is 1. The number of benzene rings is 2. The molecule has 2 amide bonds. The minimum absolute atomic E-state index is 0.0104. The maximum Gasteiger partial charge on any atom is 0.238 e. The quantitative estimate of drug-likeness (QED) is 0.309. The Morgan fingerprint density at radius 1 is 1.00 bits per heavy atom. The largest absolute Gasteiger partial charge is 0.326 e. The zero-order chi connectivity index (χ0) is 23.5. The van der Waals surface area contributed by atoms with Gasteiger partial charge in [0.1, 0.15) is 11.2 Å². The van der Waals surface area contributed by atoms with E-state index in [9.17, 15) is 14.0 Å². The van der Waals surface area contributed by atoms with E-state index in [-0.39, 0.29) is 22.9 Å². The molecule has 0 bridgehead atoms. The predicted molar refractivity (Wildman–Crippen MR) is 136 cm³/mol. The van der Waals surface area contributed by atoms with Gasteiger partial charge in [-0.25, -0.2) is 4.39 Å². The molecular formula is C27H35FN2O2S. The number of carbonyl (C=O) groups is 2. The summed E-state index contributed by atoms with van der Waals surface area (Å²) in [6.45, 7) is 2.23. The van der Waals surface area contributed by atoms with Crippen LogP contribution in [0.25, 0.3) is 0 Å². The number of unbranched alkanes of at least 4 members (excludes halogenated alkanes) is 8. The molecule has 2 aromatic rings. The molecule has 4 nitrogen and oxygen atoms in total. The lowest BCUT2D eigenvalue weighted by molar-refractivity contribution is -0.117. The number of amides is 2. The molecule has 1 saturated heterocycles. The Labute approximate surface area is 201 Å². The first-order chi connectivity index (χ1) is 16.1. The van der Waals surface area contributed by atoms with Gasteiger partial charge in [0.2, 0.25) is 11.8 Å². The van der Waals surface area contributed by atoms with Crippen LogP contribution in [-0.2, 0) is 9.59 Å². The van der Waals surface area contributed by atoms with Gasteiger partial charge in [-0.1, -0.05) is 82.6 Å². The number of hydrogen-bond donors (Lipinski definition) is 1. The second kappa shape index (κ2) is 13.4. The maximum atomic E-state index is 14.4. The molecule has 1 N–H and O–H groups in total. The van der Waals surface area contributed by atoms with Crippen molar-refractivity contribution in [3.05, 3.63) is 59.9 Å². The number of carbonyl (C=O) groups excluding carboxylic acids is 2. The van der Waals surface area contributed by atoms with E-state index in [1.807, 2.05) is 24.3 Å². The molecule has 0 aliphatic carbocycles. The Bertz CT molecular complexity index is 920.